The molecule has 1 aliphatic heterocycles. The molecule has 1 aromatic rings. The van der Waals surface area contributed by atoms with E-state index in [9.17, 15) is 4.79 Å². The van der Waals surface area contributed by atoms with Crippen LogP contribution in [0.1, 0.15) is 32.8 Å². The Labute approximate surface area is 136 Å². The van der Waals surface area contributed by atoms with E-state index in [1.54, 1.807) is 18.2 Å². The maximum atomic E-state index is 12.1. The molecule has 0 N–H and O–H groups in total. The number of methoxy groups -OCH3 is 2. The van der Waals surface area contributed by atoms with Crippen molar-refractivity contribution in [2.24, 2.45) is 0 Å². The van der Waals surface area contributed by atoms with Crippen LogP contribution in [0.2, 0.25) is 0 Å². The molecule has 0 aromatic carbocycles. The number of carbonyl (C=O) groups is 1. The fourth-order valence-electron chi connectivity index (χ4n) is 2.23. The fourth-order valence-corrected chi connectivity index (χ4v) is 2.23. The van der Waals surface area contributed by atoms with Gasteiger partial charge in [-0.25, -0.2) is 9.78 Å². The number of rotatable bonds is 3. The third-order valence-electron chi connectivity index (χ3n) is 3.31. The Hall–Kier alpha value is -2.31. The number of hydrogen-bond donors (Lipinski definition) is 0. The molecule has 0 saturated carbocycles. The lowest BCUT2D eigenvalue weighted by Gasteiger charge is -2.29. The first-order valence-electron chi connectivity index (χ1n) is 7.46. The van der Waals surface area contributed by atoms with Gasteiger partial charge in [-0.15, -0.1) is 0 Å². The minimum absolute atomic E-state index is 0.261. The standard InChI is InChI=1S/C16H23N3O4/c1-16(2,3)23-15(20)19-8-6-11(7-9-19)12-10-17-14(22-5)18-13(12)21-4/h6,10H,7-9H2,1-5H3. The van der Waals surface area contributed by atoms with Gasteiger partial charge in [-0.3, -0.25) is 0 Å². The quantitative estimate of drug-likeness (QED) is 0.851. The summed E-state index contributed by atoms with van der Waals surface area (Å²) in [7, 11) is 3.06. The Morgan fingerprint density at radius 2 is 2.00 bits per heavy atom. The van der Waals surface area contributed by atoms with Crippen LogP contribution in [0, 0.1) is 0 Å². The van der Waals surface area contributed by atoms with E-state index in [2.05, 4.69) is 9.97 Å². The summed E-state index contributed by atoms with van der Waals surface area (Å²) in [5.41, 5.74) is 1.37. The summed E-state index contributed by atoms with van der Waals surface area (Å²) in [4.78, 5) is 22.1. The van der Waals surface area contributed by atoms with Gasteiger partial charge in [0.2, 0.25) is 5.88 Å². The van der Waals surface area contributed by atoms with Crippen molar-refractivity contribution < 1.29 is 19.0 Å². The largest absolute Gasteiger partial charge is 0.480 e. The average molecular weight is 321 g/mol. The van der Waals surface area contributed by atoms with Crippen molar-refractivity contribution in [3.05, 3.63) is 17.8 Å². The molecule has 2 rings (SSSR count). The number of nitrogens with zero attached hydrogens (tertiary/aromatic N) is 3. The van der Waals surface area contributed by atoms with E-state index in [0.717, 1.165) is 11.1 Å². The third kappa shape index (κ3) is 4.34. The molecule has 0 unspecified atom stereocenters. The molecule has 1 amide bonds. The predicted octanol–water partition coefficient (Wildman–Crippen LogP) is 2.52. The molecule has 0 aliphatic carbocycles. The van der Waals surface area contributed by atoms with Crippen molar-refractivity contribution in [1.29, 1.82) is 0 Å². The van der Waals surface area contributed by atoms with Gasteiger partial charge in [-0.2, -0.15) is 4.98 Å². The zero-order valence-corrected chi connectivity index (χ0v) is 14.3. The number of hydrogen-bond acceptors (Lipinski definition) is 6. The van der Waals surface area contributed by atoms with E-state index in [1.807, 2.05) is 26.8 Å². The molecule has 0 radical (unpaired) electrons. The molecule has 1 aromatic heterocycles. The molecule has 23 heavy (non-hydrogen) atoms. The van der Waals surface area contributed by atoms with Gasteiger partial charge in [0.15, 0.2) is 0 Å². The highest BCUT2D eigenvalue weighted by atomic mass is 16.6. The first kappa shape index (κ1) is 17.1. The van der Waals surface area contributed by atoms with Crippen LogP contribution in [-0.2, 0) is 4.74 Å². The van der Waals surface area contributed by atoms with Crippen LogP contribution in [0.25, 0.3) is 5.57 Å². The van der Waals surface area contributed by atoms with Crippen molar-refractivity contribution in [3.8, 4) is 11.9 Å². The Bertz CT molecular complexity index is 608. The van der Waals surface area contributed by atoms with E-state index < -0.39 is 5.60 Å². The van der Waals surface area contributed by atoms with E-state index in [4.69, 9.17) is 14.2 Å². The zero-order valence-electron chi connectivity index (χ0n) is 14.3. The number of aromatic nitrogens is 2. The van der Waals surface area contributed by atoms with Crippen molar-refractivity contribution in [2.75, 3.05) is 27.3 Å². The summed E-state index contributed by atoms with van der Waals surface area (Å²) in [6.45, 7) is 6.64. The molecule has 1 aliphatic rings. The van der Waals surface area contributed by atoms with Crippen molar-refractivity contribution in [1.82, 2.24) is 14.9 Å². The Morgan fingerprint density at radius 1 is 1.26 bits per heavy atom. The van der Waals surface area contributed by atoms with Gasteiger partial charge < -0.3 is 19.1 Å². The van der Waals surface area contributed by atoms with Gasteiger partial charge in [0.1, 0.15) is 5.60 Å². The lowest BCUT2D eigenvalue weighted by molar-refractivity contribution is 0.0270. The first-order chi connectivity index (χ1) is 10.8. The summed E-state index contributed by atoms with van der Waals surface area (Å²) in [5, 5.41) is 0. The maximum absolute atomic E-state index is 12.1. The molecule has 126 valence electrons. The van der Waals surface area contributed by atoms with E-state index in [-0.39, 0.29) is 12.1 Å². The van der Waals surface area contributed by atoms with E-state index in [1.165, 1.54) is 7.11 Å². The van der Waals surface area contributed by atoms with Crippen molar-refractivity contribution in [2.45, 2.75) is 32.8 Å². The van der Waals surface area contributed by atoms with Gasteiger partial charge >= 0.3 is 12.1 Å². The number of ether oxygens (including phenoxy) is 3. The molecule has 2 heterocycles. The maximum Gasteiger partial charge on any atom is 0.410 e. The number of carbonyl (C=O) groups excluding carboxylic acids is 1. The highest BCUT2D eigenvalue weighted by Gasteiger charge is 2.25. The summed E-state index contributed by atoms with van der Waals surface area (Å²) in [6.07, 6.45) is 4.04. The second-order valence-corrected chi connectivity index (χ2v) is 6.19. The lowest BCUT2D eigenvalue weighted by atomic mass is 10.0. The molecule has 7 nitrogen and oxygen atoms in total. The first-order valence-corrected chi connectivity index (χ1v) is 7.46. The molecule has 0 atom stereocenters. The third-order valence-corrected chi connectivity index (χ3v) is 3.31. The highest BCUT2D eigenvalue weighted by molar-refractivity contribution is 5.74. The molecule has 0 spiro atoms. The van der Waals surface area contributed by atoms with Crippen molar-refractivity contribution >= 4 is 11.7 Å². The molecule has 0 fully saturated rings. The molecule has 7 heteroatoms. The van der Waals surface area contributed by atoms with E-state index >= 15 is 0 Å². The minimum Gasteiger partial charge on any atom is -0.480 e. The average Bonchev–Trinajstić information content (AvgIpc) is 2.52. The van der Waals surface area contributed by atoms with Crippen LogP contribution in [0.5, 0.6) is 11.9 Å². The summed E-state index contributed by atoms with van der Waals surface area (Å²) < 4.78 is 15.7. The summed E-state index contributed by atoms with van der Waals surface area (Å²) in [6, 6.07) is 0.261. The second kappa shape index (κ2) is 6.85. The summed E-state index contributed by atoms with van der Waals surface area (Å²) in [5.74, 6) is 0.466. The fraction of sp³-hybridized carbons (Fsp3) is 0.562. The van der Waals surface area contributed by atoms with Crippen LogP contribution in [0.3, 0.4) is 0 Å². The topological polar surface area (TPSA) is 73.8 Å². The van der Waals surface area contributed by atoms with Gasteiger partial charge in [0.25, 0.3) is 0 Å². The molecular weight excluding hydrogens is 298 g/mol. The van der Waals surface area contributed by atoms with Gasteiger partial charge in [-0.05, 0) is 32.8 Å². The number of amides is 1. The Balaban J connectivity index is 2.11. The Kier molecular flexibility index (Phi) is 5.08. The van der Waals surface area contributed by atoms with Crippen LogP contribution < -0.4 is 9.47 Å². The monoisotopic (exact) mass is 321 g/mol. The van der Waals surface area contributed by atoms with Gasteiger partial charge in [0, 0.05) is 19.3 Å². The van der Waals surface area contributed by atoms with Crippen LogP contribution >= 0.6 is 0 Å². The molecular formula is C16H23N3O4. The molecule has 0 bridgehead atoms. The normalized spacial score (nSPS) is 15.0. The van der Waals surface area contributed by atoms with Crippen LogP contribution in [0.15, 0.2) is 12.3 Å². The van der Waals surface area contributed by atoms with E-state index in [0.29, 0.717) is 25.4 Å². The van der Waals surface area contributed by atoms with Gasteiger partial charge in [-0.1, -0.05) is 6.08 Å². The second-order valence-electron chi connectivity index (χ2n) is 6.19. The highest BCUT2D eigenvalue weighted by Crippen LogP contribution is 2.29. The Morgan fingerprint density at radius 3 is 2.52 bits per heavy atom. The lowest BCUT2D eigenvalue weighted by Crippen LogP contribution is -2.39. The van der Waals surface area contributed by atoms with Crippen molar-refractivity contribution in [3.63, 3.8) is 0 Å². The van der Waals surface area contributed by atoms with Crippen LogP contribution in [0.4, 0.5) is 4.79 Å². The van der Waals surface area contributed by atoms with Gasteiger partial charge in [0.05, 0.1) is 19.8 Å². The zero-order chi connectivity index (χ0) is 17.0. The minimum atomic E-state index is -0.492. The predicted molar refractivity (Wildman–Crippen MR) is 85.5 cm³/mol. The van der Waals surface area contributed by atoms with Crippen LogP contribution in [-0.4, -0.2) is 53.9 Å². The summed E-state index contributed by atoms with van der Waals surface area (Å²) >= 11 is 0. The SMILES string of the molecule is COc1ncc(C2=CCN(C(=O)OC(C)(C)C)CC2)c(OC)n1. The smallest absolute Gasteiger partial charge is 0.410 e. The molecule has 0 saturated heterocycles.